The van der Waals surface area contributed by atoms with Crippen molar-refractivity contribution in [2.24, 2.45) is 11.1 Å². The number of likely N-dealkylation sites (tertiary alicyclic amines) is 1. The van der Waals surface area contributed by atoms with E-state index in [0.717, 1.165) is 42.6 Å². The standard InChI is InChI=1S/C25H24N4O3S/c1-2-6-20(30)28-13-25(14-28)15-29(16-25)24-27-21(22(33-24)23(26)31)17-9-11-19(12-10-17)32-18-7-4-3-5-8-18/h2-12H,13-16H2,1H3,(H2,26,31)/b6-2+. The molecule has 0 saturated carbocycles. The van der Waals surface area contributed by atoms with Crippen LogP contribution in [0, 0.1) is 5.41 Å². The fourth-order valence-corrected chi connectivity index (χ4v) is 5.32. The Morgan fingerprint density at radius 2 is 1.70 bits per heavy atom. The van der Waals surface area contributed by atoms with Gasteiger partial charge in [-0.3, -0.25) is 9.59 Å². The SMILES string of the molecule is C/C=C/C(=O)N1CC2(C1)CN(c1nc(-c3ccc(Oc4ccccc4)cc3)c(C(N)=O)s1)C2. The Morgan fingerprint density at radius 1 is 1.03 bits per heavy atom. The first kappa shape index (κ1) is 21.2. The summed E-state index contributed by atoms with van der Waals surface area (Å²) in [7, 11) is 0. The number of amides is 2. The molecule has 2 aliphatic heterocycles. The van der Waals surface area contributed by atoms with Crippen LogP contribution in [0.4, 0.5) is 5.13 Å². The zero-order chi connectivity index (χ0) is 23.0. The first-order valence-corrected chi connectivity index (χ1v) is 11.6. The van der Waals surface area contributed by atoms with Gasteiger partial charge in [-0.2, -0.15) is 0 Å². The van der Waals surface area contributed by atoms with Crippen LogP contribution in [0.1, 0.15) is 16.6 Å². The Morgan fingerprint density at radius 3 is 2.33 bits per heavy atom. The van der Waals surface area contributed by atoms with Crippen LogP contribution in [0.25, 0.3) is 11.3 Å². The molecule has 2 N–H and O–H groups in total. The first-order valence-electron chi connectivity index (χ1n) is 10.8. The lowest BCUT2D eigenvalue weighted by Crippen LogP contribution is -2.73. The first-order chi connectivity index (χ1) is 16.0. The Bertz CT molecular complexity index is 1210. The molecule has 8 heteroatoms. The highest BCUT2D eigenvalue weighted by Gasteiger charge is 2.53. The number of thiazole rings is 1. The molecule has 0 unspecified atom stereocenters. The summed E-state index contributed by atoms with van der Waals surface area (Å²) < 4.78 is 5.85. The molecule has 3 aromatic rings. The van der Waals surface area contributed by atoms with Gasteiger partial charge in [0, 0.05) is 37.2 Å². The molecule has 3 heterocycles. The molecule has 0 aliphatic carbocycles. The minimum Gasteiger partial charge on any atom is -0.457 e. The number of allylic oxidation sites excluding steroid dienone is 1. The maximum Gasteiger partial charge on any atom is 0.261 e. The number of carbonyl (C=O) groups excluding carboxylic acids is 2. The molecule has 2 fully saturated rings. The van der Waals surface area contributed by atoms with Gasteiger partial charge in [0.2, 0.25) is 5.91 Å². The summed E-state index contributed by atoms with van der Waals surface area (Å²) >= 11 is 1.32. The van der Waals surface area contributed by atoms with Gasteiger partial charge in [0.1, 0.15) is 16.4 Å². The number of rotatable bonds is 6. The van der Waals surface area contributed by atoms with E-state index in [-0.39, 0.29) is 11.3 Å². The van der Waals surface area contributed by atoms with E-state index in [1.807, 2.05) is 66.4 Å². The summed E-state index contributed by atoms with van der Waals surface area (Å²) in [5.74, 6) is 1.04. The van der Waals surface area contributed by atoms with E-state index in [1.54, 1.807) is 12.2 Å². The number of nitrogens with two attached hydrogens (primary N) is 1. The lowest BCUT2D eigenvalue weighted by molar-refractivity contribution is -0.139. The molecule has 33 heavy (non-hydrogen) atoms. The quantitative estimate of drug-likeness (QED) is 0.563. The maximum atomic E-state index is 12.1. The normalized spacial score (nSPS) is 16.5. The Balaban J connectivity index is 1.29. The molecule has 168 valence electrons. The lowest BCUT2D eigenvalue weighted by Gasteiger charge is -2.60. The highest BCUT2D eigenvalue weighted by molar-refractivity contribution is 7.18. The minimum absolute atomic E-state index is 0.0637. The summed E-state index contributed by atoms with van der Waals surface area (Å²) in [5, 5.41) is 0.785. The zero-order valence-corrected chi connectivity index (χ0v) is 19.0. The number of anilines is 1. The molecule has 2 saturated heterocycles. The molecule has 5 rings (SSSR count). The van der Waals surface area contributed by atoms with E-state index in [2.05, 4.69) is 4.90 Å². The molecule has 7 nitrogen and oxygen atoms in total. The maximum absolute atomic E-state index is 12.1. The van der Waals surface area contributed by atoms with E-state index < -0.39 is 5.91 Å². The number of hydrogen-bond acceptors (Lipinski definition) is 6. The van der Waals surface area contributed by atoms with Crippen molar-refractivity contribution >= 4 is 28.3 Å². The number of para-hydroxylation sites is 1. The molecular formula is C25H24N4O3S. The minimum atomic E-state index is -0.486. The van der Waals surface area contributed by atoms with Gasteiger partial charge in [0.05, 0.1) is 5.69 Å². The fourth-order valence-electron chi connectivity index (χ4n) is 4.38. The number of carbonyl (C=O) groups is 2. The highest BCUT2D eigenvalue weighted by atomic mass is 32.1. The summed E-state index contributed by atoms with van der Waals surface area (Å²) in [6.45, 7) is 5.01. The lowest BCUT2D eigenvalue weighted by atomic mass is 9.73. The Kier molecular flexibility index (Phi) is 5.38. The second kappa shape index (κ2) is 8.37. The van der Waals surface area contributed by atoms with Gasteiger partial charge in [-0.15, -0.1) is 0 Å². The monoisotopic (exact) mass is 460 g/mol. The number of ether oxygens (including phenoxy) is 1. The topological polar surface area (TPSA) is 88.8 Å². The molecule has 2 amide bonds. The second-order valence-corrected chi connectivity index (χ2v) is 9.51. The van der Waals surface area contributed by atoms with Crippen molar-refractivity contribution in [3.63, 3.8) is 0 Å². The number of primary amides is 1. The molecule has 2 aliphatic rings. The fraction of sp³-hybridized carbons (Fsp3) is 0.240. The summed E-state index contributed by atoms with van der Waals surface area (Å²) in [6, 6.07) is 17.0. The van der Waals surface area contributed by atoms with Crippen LogP contribution in [-0.2, 0) is 4.79 Å². The molecule has 0 radical (unpaired) electrons. The van der Waals surface area contributed by atoms with Crippen LogP contribution in [-0.4, -0.2) is 47.9 Å². The Hall–Kier alpha value is -3.65. The van der Waals surface area contributed by atoms with E-state index in [4.69, 9.17) is 15.5 Å². The van der Waals surface area contributed by atoms with Crippen LogP contribution >= 0.6 is 11.3 Å². The van der Waals surface area contributed by atoms with Gasteiger partial charge in [-0.1, -0.05) is 35.6 Å². The van der Waals surface area contributed by atoms with Gasteiger partial charge >= 0.3 is 0 Å². The average Bonchev–Trinajstić information content (AvgIpc) is 3.19. The molecular weight excluding hydrogens is 436 g/mol. The zero-order valence-electron chi connectivity index (χ0n) is 18.2. The molecule has 0 atom stereocenters. The van der Waals surface area contributed by atoms with E-state index >= 15 is 0 Å². The van der Waals surface area contributed by atoms with Gasteiger partial charge in [0.25, 0.3) is 5.91 Å². The van der Waals surface area contributed by atoms with Crippen LogP contribution in [0.15, 0.2) is 66.7 Å². The molecule has 1 aromatic heterocycles. The molecule has 0 bridgehead atoms. The number of aromatic nitrogens is 1. The number of hydrogen-bond donors (Lipinski definition) is 1. The van der Waals surface area contributed by atoms with Crippen molar-refractivity contribution in [1.29, 1.82) is 0 Å². The van der Waals surface area contributed by atoms with Crippen LogP contribution < -0.4 is 15.4 Å². The predicted molar refractivity (Wildman–Crippen MR) is 129 cm³/mol. The van der Waals surface area contributed by atoms with Crippen LogP contribution in [0.3, 0.4) is 0 Å². The van der Waals surface area contributed by atoms with Crippen molar-refractivity contribution in [1.82, 2.24) is 9.88 Å². The van der Waals surface area contributed by atoms with Gasteiger partial charge in [-0.25, -0.2) is 4.98 Å². The van der Waals surface area contributed by atoms with Crippen molar-refractivity contribution in [2.75, 3.05) is 31.1 Å². The smallest absolute Gasteiger partial charge is 0.261 e. The largest absolute Gasteiger partial charge is 0.457 e. The third-order valence-corrected chi connectivity index (χ3v) is 7.07. The summed E-state index contributed by atoms with van der Waals surface area (Å²) in [5.41, 5.74) is 7.20. The third-order valence-electron chi connectivity index (χ3n) is 5.94. The number of nitrogens with zero attached hydrogens (tertiary/aromatic N) is 3. The van der Waals surface area contributed by atoms with Crippen LogP contribution in [0.2, 0.25) is 0 Å². The highest BCUT2D eigenvalue weighted by Crippen LogP contribution is 2.44. The molecule has 1 spiro atoms. The van der Waals surface area contributed by atoms with Gasteiger partial charge < -0.3 is 20.3 Å². The van der Waals surface area contributed by atoms with Crippen molar-refractivity contribution in [3.8, 4) is 22.8 Å². The van der Waals surface area contributed by atoms with Gasteiger partial charge in [-0.05, 0) is 49.4 Å². The average molecular weight is 461 g/mol. The summed E-state index contributed by atoms with van der Waals surface area (Å²) in [4.78, 5) is 33.3. The van der Waals surface area contributed by atoms with Crippen molar-refractivity contribution < 1.29 is 14.3 Å². The van der Waals surface area contributed by atoms with Crippen LogP contribution in [0.5, 0.6) is 11.5 Å². The second-order valence-electron chi connectivity index (χ2n) is 8.53. The van der Waals surface area contributed by atoms with E-state index in [1.165, 1.54) is 11.3 Å². The van der Waals surface area contributed by atoms with Gasteiger partial charge in [0.15, 0.2) is 5.13 Å². The van der Waals surface area contributed by atoms with E-state index in [9.17, 15) is 9.59 Å². The van der Waals surface area contributed by atoms with Crippen molar-refractivity contribution in [2.45, 2.75) is 6.92 Å². The third kappa shape index (κ3) is 4.09. The molecule has 2 aromatic carbocycles. The van der Waals surface area contributed by atoms with E-state index in [0.29, 0.717) is 16.3 Å². The summed E-state index contributed by atoms with van der Waals surface area (Å²) in [6.07, 6.45) is 3.37. The Labute approximate surface area is 196 Å². The predicted octanol–water partition coefficient (Wildman–Crippen LogP) is 3.93. The van der Waals surface area contributed by atoms with Crippen molar-refractivity contribution in [3.05, 3.63) is 71.6 Å². The number of benzene rings is 2.